The lowest BCUT2D eigenvalue weighted by Gasteiger charge is -2.33. The number of rotatable bonds is 10. The third-order valence-electron chi connectivity index (χ3n) is 4.99. The first-order chi connectivity index (χ1) is 13.2. The molecule has 0 aliphatic carbocycles. The maximum absolute atomic E-state index is 10.1. The van der Waals surface area contributed by atoms with Gasteiger partial charge in [-0.25, -0.2) is 0 Å². The number of β-amino-alcohol motifs (C(OH)–C–C–N with tert-alkyl or cyclic N) is 1. The first kappa shape index (κ1) is 23.1. The Morgan fingerprint density at radius 3 is 2.29 bits per heavy atom. The summed E-state index contributed by atoms with van der Waals surface area (Å²) in [7, 11) is 0. The Kier molecular flexibility index (Phi) is 8.75. The third kappa shape index (κ3) is 8.48. The summed E-state index contributed by atoms with van der Waals surface area (Å²) in [6.45, 7) is 16.6. The third-order valence-corrected chi connectivity index (χ3v) is 4.99. The molecule has 0 bridgehead atoms. The van der Waals surface area contributed by atoms with Gasteiger partial charge in [-0.3, -0.25) is 4.90 Å². The molecule has 5 nitrogen and oxygen atoms in total. The molecule has 5 heteroatoms. The topological polar surface area (TPSA) is 51.2 Å². The summed E-state index contributed by atoms with van der Waals surface area (Å²) in [6, 6.07) is 8.39. The number of ether oxygens (including phenoxy) is 3. The molecule has 0 radical (unpaired) electrons. The van der Waals surface area contributed by atoms with Crippen molar-refractivity contribution in [3.8, 4) is 5.75 Å². The molecule has 2 rings (SSSR count). The first-order valence-corrected chi connectivity index (χ1v) is 10.4. The first-order valence-electron chi connectivity index (χ1n) is 10.4. The van der Waals surface area contributed by atoms with Gasteiger partial charge in [0, 0.05) is 19.6 Å². The van der Waals surface area contributed by atoms with Crippen molar-refractivity contribution in [2.24, 2.45) is 5.41 Å². The lowest BCUT2D eigenvalue weighted by atomic mass is 9.72. The van der Waals surface area contributed by atoms with Gasteiger partial charge in [0.25, 0.3) is 0 Å². The van der Waals surface area contributed by atoms with Crippen molar-refractivity contribution in [3.63, 3.8) is 0 Å². The van der Waals surface area contributed by atoms with E-state index < -0.39 is 6.10 Å². The van der Waals surface area contributed by atoms with Gasteiger partial charge in [0.05, 0.1) is 32.5 Å². The highest BCUT2D eigenvalue weighted by atomic mass is 16.5. The Balaban J connectivity index is 1.65. The molecule has 28 heavy (non-hydrogen) atoms. The van der Waals surface area contributed by atoms with Gasteiger partial charge < -0.3 is 19.3 Å². The molecule has 1 aromatic carbocycles. The van der Waals surface area contributed by atoms with Gasteiger partial charge >= 0.3 is 0 Å². The van der Waals surface area contributed by atoms with Crippen LogP contribution >= 0.6 is 0 Å². The van der Waals surface area contributed by atoms with Crippen LogP contribution in [-0.4, -0.2) is 68.8 Å². The van der Waals surface area contributed by atoms with E-state index in [-0.39, 0.29) is 5.41 Å². The number of aliphatic hydroxyl groups is 1. The summed E-state index contributed by atoms with van der Waals surface area (Å²) in [5.74, 6) is 0.854. The van der Waals surface area contributed by atoms with Gasteiger partial charge in [-0.05, 0) is 34.9 Å². The van der Waals surface area contributed by atoms with E-state index in [2.05, 4.69) is 51.7 Å². The maximum Gasteiger partial charge on any atom is 0.119 e. The van der Waals surface area contributed by atoms with E-state index in [1.165, 1.54) is 5.56 Å². The van der Waals surface area contributed by atoms with Crippen LogP contribution in [0.15, 0.2) is 24.3 Å². The molecule has 1 aliphatic heterocycles. The highest BCUT2D eigenvalue weighted by molar-refractivity contribution is 5.31. The van der Waals surface area contributed by atoms with Crippen LogP contribution in [0.25, 0.3) is 0 Å². The maximum atomic E-state index is 10.1. The fourth-order valence-electron chi connectivity index (χ4n) is 4.00. The van der Waals surface area contributed by atoms with E-state index >= 15 is 0 Å². The van der Waals surface area contributed by atoms with Crippen LogP contribution < -0.4 is 4.74 Å². The largest absolute Gasteiger partial charge is 0.491 e. The second-order valence-corrected chi connectivity index (χ2v) is 9.64. The molecule has 0 spiro atoms. The minimum atomic E-state index is -0.470. The molecule has 1 heterocycles. The average Bonchev–Trinajstić information content (AvgIpc) is 2.61. The molecule has 1 aliphatic rings. The normalized spacial score (nSPS) is 17.5. The van der Waals surface area contributed by atoms with Gasteiger partial charge in [0.2, 0.25) is 0 Å². The number of hydrogen-bond donors (Lipinski definition) is 1. The van der Waals surface area contributed by atoms with Crippen molar-refractivity contribution in [1.29, 1.82) is 0 Å². The fraction of sp³-hybridized carbons (Fsp3) is 0.739. The Morgan fingerprint density at radius 1 is 1.04 bits per heavy atom. The van der Waals surface area contributed by atoms with Gasteiger partial charge in [-0.1, -0.05) is 46.8 Å². The number of aliphatic hydroxyl groups excluding tert-OH is 1. The highest BCUT2D eigenvalue weighted by Gasteiger charge is 2.27. The Hall–Kier alpha value is -1.14. The molecule has 1 saturated heterocycles. The van der Waals surface area contributed by atoms with Crippen LogP contribution in [0.5, 0.6) is 5.75 Å². The average molecular weight is 394 g/mol. The second kappa shape index (κ2) is 10.6. The zero-order valence-electron chi connectivity index (χ0n) is 18.4. The highest BCUT2D eigenvalue weighted by Crippen LogP contribution is 2.36. The summed E-state index contributed by atoms with van der Waals surface area (Å²) in [6.07, 6.45) is 0.656. The second-order valence-electron chi connectivity index (χ2n) is 9.64. The molecule has 1 N–H and O–H groups in total. The minimum absolute atomic E-state index is 0.135. The Bertz CT molecular complexity index is 559. The van der Waals surface area contributed by atoms with Crippen molar-refractivity contribution in [3.05, 3.63) is 29.8 Å². The smallest absolute Gasteiger partial charge is 0.119 e. The molecule has 1 unspecified atom stereocenters. The lowest BCUT2D eigenvalue weighted by Crippen LogP contribution is -2.42. The molecule has 0 amide bonds. The van der Waals surface area contributed by atoms with Gasteiger partial charge in [-0.2, -0.15) is 0 Å². The molecule has 1 fully saturated rings. The molecule has 1 atom stereocenters. The Morgan fingerprint density at radius 2 is 1.68 bits per heavy atom. The Labute approximate surface area is 171 Å². The number of nitrogens with zero attached hydrogens (tertiary/aromatic N) is 1. The van der Waals surface area contributed by atoms with E-state index in [1.807, 2.05) is 12.1 Å². The van der Waals surface area contributed by atoms with Crippen LogP contribution in [0.2, 0.25) is 0 Å². The van der Waals surface area contributed by atoms with E-state index in [4.69, 9.17) is 14.2 Å². The number of benzene rings is 1. The lowest BCUT2D eigenvalue weighted by molar-refractivity contribution is -0.0178. The van der Waals surface area contributed by atoms with Crippen LogP contribution in [0.4, 0.5) is 0 Å². The molecule has 0 saturated carbocycles. The van der Waals surface area contributed by atoms with E-state index in [9.17, 15) is 5.11 Å². The summed E-state index contributed by atoms with van der Waals surface area (Å²) < 4.78 is 16.6. The summed E-state index contributed by atoms with van der Waals surface area (Å²) >= 11 is 0. The van der Waals surface area contributed by atoms with Crippen molar-refractivity contribution in [2.75, 3.05) is 52.7 Å². The summed E-state index contributed by atoms with van der Waals surface area (Å²) in [4.78, 5) is 2.21. The monoisotopic (exact) mass is 393 g/mol. The van der Waals surface area contributed by atoms with Gasteiger partial charge in [0.1, 0.15) is 12.4 Å². The minimum Gasteiger partial charge on any atom is -0.491 e. The summed E-state index contributed by atoms with van der Waals surface area (Å²) in [5.41, 5.74) is 1.76. The van der Waals surface area contributed by atoms with Crippen LogP contribution in [0.3, 0.4) is 0 Å². The van der Waals surface area contributed by atoms with E-state index in [1.54, 1.807) is 0 Å². The van der Waals surface area contributed by atoms with Crippen molar-refractivity contribution >= 4 is 0 Å². The fourth-order valence-corrected chi connectivity index (χ4v) is 4.00. The van der Waals surface area contributed by atoms with Crippen molar-refractivity contribution in [1.82, 2.24) is 4.90 Å². The van der Waals surface area contributed by atoms with Crippen molar-refractivity contribution in [2.45, 2.75) is 52.6 Å². The molecule has 1 aromatic rings. The van der Waals surface area contributed by atoms with Gasteiger partial charge in [-0.15, -0.1) is 0 Å². The predicted octanol–water partition coefficient (Wildman–Crippen LogP) is 3.49. The van der Waals surface area contributed by atoms with Crippen LogP contribution in [0.1, 0.15) is 46.6 Å². The molecule has 0 aromatic heterocycles. The summed E-state index contributed by atoms with van der Waals surface area (Å²) in [5, 5.41) is 10.1. The zero-order chi connectivity index (χ0) is 20.6. The molecular formula is C23H39NO4. The number of morpholine rings is 1. The SMILES string of the molecule is CC(C)(C)CC(C)(C)c1ccc(OCCOCC(O)CN2CCOCC2)cc1. The predicted molar refractivity (Wildman–Crippen MR) is 113 cm³/mol. The zero-order valence-corrected chi connectivity index (χ0v) is 18.4. The quantitative estimate of drug-likeness (QED) is 0.617. The van der Waals surface area contributed by atoms with Crippen LogP contribution in [0, 0.1) is 5.41 Å². The standard InChI is InChI=1S/C23H39NO4/c1-22(2,3)18-23(4,5)19-6-8-21(9-7-19)28-15-14-27-17-20(25)16-24-10-12-26-13-11-24/h6-9,20,25H,10-18H2,1-5H3. The number of hydrogen-bond acceptors (Lipinski definition) is 5. The van der Waals surface area contributed by atoms with Crippen molar-refractivity contribution < 1.29 is 19.3 Å². The van der Waals surface area contributed by atoms with Gasteiger partial charge in [0.15, 0.2) is 0 Å². The molecular weight excluding hydrogens is 354 g/mol. The van der Waals surface area contributed by atoms with E-state index in [0.717, 1.165) is 38.5 Å². The van der Waals surface area contributed by atoms with Crippen LogP contribution in [-0.2, 0) is 14.9 Å². The molecule has 160 valence electrons. The van der Waals surface area contributed by atoms with E-state index in [0.29, 0.717) is 31.8 Å².